The highest BCUT2D eigenvalue weighted by Gasteiger charge is 2.42. The number of alkyl halides is 3. The molecule has 1 saturated heterocycles. The largest absolute Gasteiger partial charge is 0.573 e. The summed E-state index contributed by atoms with van der Waals surface area (Å²) in [6.45, 7) is 2.85. The van der Waals surface area contributed by atoms with E-state index in [2.05, 4.69) is 45.9 Å². The predicted octanol–water partition coefficient (Wildman–Crippen LogP) is 4.44. The third-order valence-corrected chi connectivity index (χ3v) is 7.10. The molecule has 4 rings (SSSR count). The van der Waals surface area contributed by atoms with E-state index >= 15 is 0 Å². The van der Waals surface area contributed by atoms with E-state index in [1.807, 2.05) is 4.90 Å². The maximum absolute atomic E-state index is 13.4. The monoisotopic (exact) mass is 479 g/mol. The maximum Gasteiger partial charge on any atom is 0.573 e. The Morgan fingerprint density at radius 3 is 2.71 bits per heavy atom. The second-order valence-electron chi connectivity index (χ2n) is 9.51. The van der Waals surface area contributed by atoms with Crippen molar-refractivity contribution < 1.29 is 22.7 Å². The Morgan fingerprint density at radius 1 is 1.21 bits per heavy atom. The van der Waals surface area contributed by atoms with Crippen molar-refractivity contribution in [3.63, 3.8) is 0 Å². The third-order valence-electron chi connectivity index (χ3n) is 7.10. The number of halogens is 3. The molecule has 34 heavy (non-hydrogen) atoms. The van der Waals surface area contributed by atoms with Gasteiger partial charge in [-0.3, -0.25) is 4.79 Å². The summed E-state index contributed by atoms with van der Waals surface area (Å²) in [5, 5.41) is 3.56. The van der Waals surface area contributed by atoms with Crippen LogP contribution in [0.4, 0.5) is 19.0 Å². The SMILES string of the molecule is CCC[C@H]1C[C@H](N(C)C)CC[C@@H]1N1CC[C@H](Nc2ncnc3ccc(OC(F)(F)F)cc23)C1=O. The van der Waals surface area contributed by atoms with Gasteiger partial charge in [-0.2, -0.15) is 0 Å². The lowest BCUT2D eigenvalue weighted by molar-refractivity contribution is -0.274. The zero-order chi connectivity index (χ0) is 24.5. The molecule has 1 aromatic carbocycles. The fourth-order valence-corrected chi connectivity index (χ4v) is 5.46. The molecule has 1 aliphatic carbocycles. The molecule has 1 saturated carbocycles. The Labute approximate surface area is 197 Å². The topological polar surface area (TPSA) is 70.6 Å². The quantitative estimate of drug-likeness (QED) is 0.633. The van der Waals surface area contributed by atoms with Crippen LogP contribution in [-0.2, 0) is 4.79 Å². The summed E-state index contributed by atoms with van der Waals surface area (Å²) in [5.41, 5.74) is 0.472. The van der Waals surface area contributed by atoms with Crippen LogP contribution in [0.25, 0.3) is 10.9 Å². The molecule has 1 aliphatic heterocycles. The number of amides is 1. The first-order chi connectivity index (χ1) is 16.2. The first-order valence-electron chi connectivity index (χ1n) is 11.9. The van der Waals surface area contributed by atoms with Gasteiger partial charge in [0.25, 0.3) is 0 Å². The fourth-order valence-electron chi connectivity index (χ4n) is 5.46. The molecule has 0 bridgehead atoms. The zero-order valence-electron chi connectivity index (χ0n) is 19.8. The Kier molecular flexibility index (Phi) is 7.16. The molecular formula is C24H32F3N5O2. The van der Waals surface area contributed by atoms with E-state index in [1.54, 1.807) is 0 Å². The van der Waals surface area contributed by atoms with Crippen LogP contribution in [0.3, 0.4) is 0 Å². The van der Waals surface area contributed by atoms with E-state index in [-0.39, 0.29) is 17.7 Å². The highest BCUT2D eigenvalue weighted by molar-refractivity contribution is 5.93. The van der Waals surface area contributed by atoms with Gasteiger partial charge in [0.2, 0.25) is 5.91 Å². The molecular weight excluding hydrogens is 447 g/mol. The number of carbonyl (C=O) groups excluding carboxylic acids is 1. The number of likely N-dealkylation sites (tertiary alicyclic amines) is 1. The van der Waals surface area contributed by atoms with Gasteiger partial charge in [0.05, 0.1) is 5.52 Å². The van der Waals surface area contributed by atoms with Crippen LogP contribution < -0.4 is 10.1 Å². The molecule has 1 N–H and O–H groups in total. The van der Waals surface area contributed by atoms with Gasteiger partial charge in [0, 0.05) is 24.0 Å². The minimum absolute atomic E-state index is 0.0314. The molecule has 7 nitrogen and oxygen atoms in total. The van der Waals surface area contributed by atoms with Crippen LogP contribution >= 0.6 is 0 Å². The van der Waals surface area contributed by atoms with Gasteiger partial charge in [-0.15, -0.1) is 13.2 Å². The van der Waals surface area contributed by atoms with E-state index in [9.17, 15) is 18.0 Å². The first kappa shape index (κ1) is 24.5. The van der Waals surface area contributed by atoms with Gasteiger partial charge in [0.15, 0.2) is 0 Å². The number of hydrogen-bond acceptors (Lipinski definition) is 6. The number of aromatic nitrogens is 2. The number of benzene rings is 1. The molecule has 2 fully saturated rings. The number of rotatable bonds is 7. The Hall–Kier alpha value is -2.62. The number of fused-ring (bicyclic) bond motifs is 1. The molecule has 186 valence electrons. The fraction of sp³-hybridized carbons (Fsp3) is 0.625. The van der Waals surface area contributed by atoms with Crippen LogP contribution in [0.1, 0.15) is 45.4 Å². The van der Waals surface area contributed by atoms with Crippen LogP contribution in [0.15, 0.2) is 24.5 Å². The lowest BCUT2D eigenvalue weighted by atomic mass is 9.78. The second-order valence-corrected chi connectivity index (χ2v) is 9.51. The number of hydrogen-bond donors (Lipinski definition) is 1. The number of nitrogens with zero attached hydrogens (tertiary/aromatic N) is 4. The molecule has 1 aromatic heterocycles. The molecule has 4 atom stereocenters. The van der Waals surface area contributed by atoms with Crippen LogP contribution in [0.5, 0.6) is 5.75 Å². The highest BCUT2D eigenvalue weighted by atomic mass is 19.4. The zero-order valence-corrected chi connectivity index (χ0v) is 19.8. The number of ether oxygens (including phenoxy) is 1. The van der Waals surface area contributed by atoms with Crippen molar-refractivity contribution in [3.05, 3.63) is 24.5 Å². The summed E-state index contributed by atoms with van der Waals surface area (Å²) >= 11 is 0. The van der Waals surface area contributed by atoms with Gasteiger partial charge < -0.3 is 19.9 Å². The third kappa shape index (κ3) is 5.37. The molecule has 0 radical (unpaired) electrons. The summed E-state index contributed by atoms with van der Waals surface area (Å²) < 4.78 is 42.1. The lowest BCUT2D eigenvalue weighted by Gasteiger charge is -2.43. The summed E-state index contributed by atoms with van der Waals surface area (Å²) in [7, 11) is 4.23. The van der Waals surface area contributed by atoms with Crippen molar-refractivity contribution in [1.82, 2.24) is 19.8 Å². The van der Waals surface area contributed by atoms with Gasteiger partial charge >= 0.3 is 6.36 Å². The van der Waals surface area contributed by atoms with Crippen molar-refractivity contribution in [1.29, 1.82) is 0 Å². The predicted molar refractivity (Wildman–Crippen MR) is 123 cm³/mol. The summed E-state index contributed by atoms with van der Waals surface area (Å²) in [4.78, 5) is 26.0. The van der Waals surface area contributed by atoms with Gasteiger partial charge in [-0.25, -0.2) is 9.97 Å². The molecule has 2 aliphatic rings. The van der Waals surface area contributed by atoms with Gasteiger partial charge in [-0.05, 0) is 70.3 Å². The molecule has 2 heterocycles. The lowest BCUT2D eigenvalue weighted by Crippen LogP contribution is -2.49. The van der Waals surface area contributed by atoms with E-state index in [4.69, 9.17) is 0 Å². The number of nitrogens with one attached hydrogen (secondary N) is 1. The van der Waals surface area contributed by atoms with Crippen molar-refractivity contribution >= 4 is 22.6 Å². The van der Waals surface area contributed by atoms with Crippen LogP contribution in [0, 0.1) is 5.92 Å². The highest BCUT2D eigenvalue weighted by Crippen LogP contribution is 2.36. The molecule has 0 unspecified atom stereocenters. The second kappa shape index (κ2) is 9.93. The standard InChI is InChI=1S/C24H32F3N5O2/c1-4-5-15-12-16(31(2)3)6-9-21(15)32-11-10-20(23(32)33)30-22-18-13-17(34-24(25,26)27)7-8-19(18)28-14-29-22/h7-8,13-16,20-21H,4-6,9-12H2,1-3H3,(H,28,29,30)/t15-,16+,20-,21-/m0/s1. The number of carbonyl (C=O) groups is 1. The first-order valence-corrected chi connectivity index (χ1v) is 11.9. The average molecular weight is 480 g/mol. The minimum Gasteiger partial charge on any atom is -0.406 e. The Bertz CT molecular complexity index is 1020. The summed E-state index contributed by atoms with van der Waals surface area (Å²) in [6, 6.07) is 4.21. The minimum atomic E-state index is -4.79. The van der Waals surface area contributed by atoms with Crippen molar-refractivity contribution in [2.75, 3.05) is 26.0 Å². The molecule has 10 heteroatoms. The van der Waals surface area contributed by atoms with Crippen molar-refractivity contribution in [3.8, 4) is 5.75 Å². The Balaban J connectivity index is 1.50. The van der Waals surface area contributed by atoms with Crippen molar-refractivity contribution in [2.24, 2.45) is 5.92 Å². The van der Waals surface area contributed by atoms with Crippen LogP contribution in [0.2, 0.25) is 0 Å². The van der Waals surface area contributed by atoms with Crippen LogP contribution in [-0.4, -0.2) is 70.8 Å². The average Bonchev–Trinajstić information content (AvgIpc) is 3.13. The Morgan fingerprint density at radius 2 is 2.00 bits per heavy atom. The normalized spacial score (nSPS) is 25.9. The van der Waals surface area contributed by atoms with E-state index < -0.39 is 12.4 Å². The maximum atomic E-state index is 13.4. The van der Waals surface area contributed by atoms with E-state index in [0.29, 0.717) is 41.6 Å². The molecule has 2 aromatic rings. The smallest absolute Gasteiger partial charge is 0.406 e. The van der Waals surface area contributed by atoms with Gasteiger partial charge in [-0.1, -0.05) is 13.3 Å². The summed E-state index contributed by atoms with van der Waals surface area (Å²) in [6.07, 6.45) is 2.49. The number of anilines is 1. The van der Waals surface area contributed by atoms with Gasteiger partial charge in [0.1, 0.15) is 23.9 Å². The van der Waals surface area contributed by atoms with Crippen molar-refractivity contribution in [2.45, 2.75) is 69.9 Å². The van der Waals surface area contributed by atoms with E-state index in [1.165, 1.54) is 24.5 Å². The summed E-state index contributed by atoms with van der Waals surface area (Å²) in [5.74, 6) is 0.483. The molecule has 1 amide bonds. The van der Waals surface area contributed by atoms with E-state index in [0.717, 1.165) is 32.1 Å². The molecule has 0 spiro atoms.